The molecule has 10 heteroatoms. The van der Waals surface area contributed by atoms with Gasteiger partial charge >= 0.3 is 11.6 Å². The first-order valence-electron chi connectivity index (χ1n) is 13.6. The van der Waals surface area contributed by atoms with Crippen molar-refractivity contribution in [2.45, 2.75) is 32.8 Å². The third-order valence-corrected chi connectivity index (χ3v) is 7.52. The van der Waals surface area contributed by atoms with Gasteiger partial charge in [0, 0.05) is 22.7 Å². The Hall–Kier alpha value is -5.28. The molecule has 0 bridgehead atoms. The van der Waals surface area contributed by atoms with Gasteiger partial charge in [-0.15, -0.1) is 0 Å². The molecule has 5 aromatic rings. The monoisotopic (exact) mass is 611 g/mol. The number of carbonyl (C=O) groups is 2. The van der Waals surface area contributed by atoms with E-state index in [1.807, 2.05) is 48.5 Å². The van der Waals surface area contributed by atoms with Gasteiger partial charge in [0.15, 0.2) is 11.9 Å². The van der Waals surface area contributed by atoms with E-state index in [2.05, 4.69) is 0 Å². The highest BCUT2D eigenvalue weighted by Gasteiger charge is 2.23. The van der Waals surface area contributed by atoms with Gasteiger partial charge in [0.25, 0.3) is 5.69 Å². The fourth-order valence-electron chi connectivity index (χ4n) is 4.99. The molecule has 44 heavy (non-hydrogen) atoms. The summed E-state index contributed by atoms with van der Waals surface area (Å²) in [6, 6.07) is 23.5. The van der Waals surface area contributed by atoms with E-state index in [0.29, 0.717) is 33.7 Å². The molecule has 0 aliphatic heterocycles. The van der Waals surface area contributed by atoms with Crippen molar-refractivity contribution >= 4 is 39.8 Å². The lowest BCUT2D eigenvalue weighted by atomic mass is 10.00. The summed E-state index contributed by atoms with van der Waals surface area (Å²) in [4.78, 5) is 48.3. The Morgan fingerprint density at radius 1 is 0.932 bits per heavy atom. The minimum atomic E-state index is -1.13. The van der Waals surface area contributed by atoms with Crippen LogP contribution in [0, 0.1) is 24.0 Å². The van der Waals surface area contributed by atoms with Crippen LogP contribution in [0.4, 0.5) is 5.69 Å². The smallest absolute Gasteiger partial charge is 0.344 e. The number of nitro groups is 1. The van der Waals surface area contributed by atoms with Crippen LogP contribution in [-0.2, 0) is 11.2 Å². The van der Waals surface area contributed by atoms with E-state index in [9.17, 15) is 29.6 Å². The van der Waals surface area contributed by atoms with Crippen LogP contribution in [0.15, 0.2) is 94.1 Å². The molecule has 4 aromatic carbocycles. The minimum absolute atomic E-state index is 0.0101. The maximum Gasteiger partial charge on any atom is 0.344 e. The third kappa shape index (κ3) is 6.53. The van der Waals surface area contributed by atoms with Crippen molar-refractivity contribution in [2.75, 3.05) is 0 Å². The summed E-state index contributed by atoms with van der Waals surface area (Å²) in [5, 5.41) is 21.9. The molecule has 0 spiro atoms. The summed E-state index contributed by atoms with van der Waals surface area (Å²) < 4.78 is 11.2. The molecule has 1 unspecified atom stereocenters. The molecule has 1 atom stereocenters. The quantitative estimate of drug-likeness (QED) is 0.0984. The lowest BCUT2D eigenvalue weighted by molar-refractivity contribution is -0.384. The number of hydrogen-bond donors (Lipinski definition) is 1. The van der Waals surface area contributed by atoms with Gasteiger partial charge in [0.1, 0.15) is 5.75 Å². The van der Waals surface area contributed by atoms with E-state index < -0.39 is 28.4 Å². The molecule has 9 nitrogen and oxygen atoms in total. The number of aryl methyl sites for hydroxylation is 3. The average Bonchev–Trinajstić information content (AvgIpc) is 3.00. The molecule has 5 rings (SSSR count). The summed E-state index contributed by atoms with van der Waals surface area (Å²) in [5.74, 6) is -1.56. The van der Waals surface area contributed by atoms with E-state index >= 15 is 0 Å². The van der Waals surface area contributed by atoms with Crippen LogP contribution in [0.1, 0.15) is 39.2 Å². The molecular weight excluding hydrogens is 586 g/mol. The number of nitro benzene ring substituents is 1. The summed E-state index contributed by atoms with van der Waals surface area (Å²) in [7, 11) is 0. The van der Waals surface area contributed by atoms with Crippen LogP contribution in [0.25, 0.3) is 21.9 Å². The largest absolute Gasteiger partial charge is 0.479 e. The fourth-order valence-corrected chi connectivity index (χ4v) is 5.11. The van der Waals surface area contributed by atoms with Crippen LogP contribution >= 0.6 is 11.6 Å². The number of carboxylic acids is 1. The van der Waals surface area contributed by atoms with Crippen molar-refractivity contribution in [1.82, 2.24) is 0 Å². The van der Waals surface area contributed by atoms with Crippen molar-refractivity contribution in [3.05, 3.63) is 139 Å². The Labute approximate surface area is 256 Å². The highest BCUT2D eigenvalue weighted by molar-refractivity contribution is 6.30. The number of ketones is 1. The van der Waals surface area contributed by atoms with Crippen LogP contribution in [0.3, 0.4) is 0 Å². The van der Waals surface area contributed by atoms with E-state index in [0.717, 1.165) is 22.8 Å². The Kier molecular flexibility index (Phi) is 8.59. The number of nitrogens with zero attached hydrogens (tertiary/aromatic N) is 1. The van der Waals surface area contributed by atoms with Crippen LogP contribution in [0.2, 0.25) is 5.02 Å². The predicted molar refractivity (Wildman–Crippen MR) is 166 cm³/mol. The van der Waals surface area contributed by atoms with Gasteiger partial charge < -0.3 is 14.3 Å². The fraction of sp³-hybridized carbons (Fsp3) is 0.147. The topological polar surface area (TPSA) is 137 Å². The molecule has 0 aliphatic rings. The lowest BCUT2D eigenvalue weighted by Gasteiger charge is -2.19. The van der Waals surface area contributed by atoms with Crippen molar-refractivity contribution in [2.24, 2.45) is 0 Å². The lowest BCUT2D eigenvalue weighted by Crippen LogP contribution is -2.28. The molecule has 0 saturated carbocycles. The molecule has 1 aromatic heterocycles. The minimum Gasteiger partial charge on any atom is -0.479 e. The summed E-state index contributed by atoms with van der Waals surface area (Å²) >= 11 is 5.97. The second-order valence-electron chi connectivity index (χ2n) is 10.4. The third-order valence-electron chi connectivity index (χ3n) is 7.27. The molecule has 0 aliphatic carbocycles. The molecular formula is C34H26ClNO8. The number of hydrogen-bond acceptors (Lipinski definition) is 7. The highest BCUT2D eigenvalue weighted by Crippen LogP contribution is 2.29. The van der Waals surface area contributed by atoms with E-state index in [1.54, 1.807) is 26.0 Å². The van der Waals surface area contributed by atoms with Crippen LogP contribution in [-0.4, -0.2) is 27.9 Å². The SMILES string of the molecule is Cc1cc(C(=O)c2cc3ccc([N+](=O)[O-])cc3c(=O)o2)cc(C)c1OC(CCc1ccc(-c2ccc(Cl)cc2)cc1)C(=O)O. The first-order valence-corrected chi connectivity index (χ1v) is 14.0. The number of rotatable bonds is 10. The molecule has 222 valence electrons. The van der Waals surface area contributed by atoms with Crippen molar-refractivity contribution in [1.29, 1.82) is 0 Å². The highest BCUT2D eigenvalue weighted by atomic mass is 35.5. The molecule has 0 amide bonds. The van der Waals surface area contributed by atoms with Crippen molar-refractivity contribution in [3.63, 3.8) is 0 Å². The van der Waals surface area contributed by atoms with Crippen molar-refractivity contribution < 1.29 is 28.8 Å². The summed E-state index contributed by atoms with van der Waals surface area (Å²) in [6.07, 6.45) is -0.445. The molecule has 0 radical (unpaired) electrons. The maximum atomic E-state index is 13.3. The second kappa shape index (κ2) is 12.5. The van der Waals surface area contributed by atoms with E-state index in [-0.39, 0.29) is 28.8 Å². The normalized spacial score (nSPS) is 11.7. The first kappa shape index (κ1) is 30.2. The van der Waals surface area contributed by atoms with Gasteiger partial charge in [-0.3, -0.25) is 14.9 Å². The number of fused-ring (bicyclic) bond motifs is 1. The number of carboxylic acid groups (broad SMARTS) is 1. The average molecular weight is 612 g/mol. The number of benzene rings is 4. The van der Waals surface area contributed by atoms with Gasteiger partial charge in [-0.05, 0) is 96.3 Å². The Morgan fingerprint density at radius 2 is 1.55 bits per heavy atom. The zero-order chi connectivity index (χ0) is 31.5. The predicted octanol–water partition coefficient (Wildman–Crippen LogP) is 7.33. The van der Waals surface area contributed by atoms with E-state index in [4.69, 9.17) is 20.8 Å². The van der Waals surface area contributed by atoms with Crippen LogP contribution < -0.4 is 10.4 Å². The number of halogens is 1. The van der Waals surface area contributed by atoms with Gasteiger partial charge in [0.05, 0.1) is 10.3 Å². The standard InChI is InChI=1S/C34H26ClNO8/c1-19-15-25(31(37)30-17-24-10-13-27(36(41)42)18-28(24)34(40)44-30)16-20(2)32(19)43-29(33(38)39)14-5-21-3-6-22(7-4-21)23-8-11-26(35)12-9-23/h3-4,6-13,15-18,29H,5,14H2,1-2H3,(H,38,39). The maximum absolute atomic E-state index is 13.3. The first-order chi connectivity index (χ1) is 21.0. The van der Waals surface area contributed by atoms with Crippen molar-refractivity contribution in [3.8, 4) is 16.9 Å². The van der Waals surface area contributed by atoms with Crippen LogP contribution in [0.5, 0.6) is 5.75 Å². The van der Waals surface area contributed by atoms with E-state index in [1.165, 1.54) is 18.2 Å². The Balaban J connectivity index is 1.31. The number of aliphatic carboxylic acids is 1. The number of carbonyl (C=O) groups excluding carboxylic acids is 1. The molecule has 0 fully saturated rings. The molecule has 0 saturated heterocycles. The number of ether oxygens (including phenoxy) is 1. The number of non-ortho nitro benzene ring substituents is 1. The Bertz CT molecular complexity index is 1940. The van der Waals surface area contributed by atoms with Gasteiger partial charge in [-0.2, -0.15) is 0 Å². The second-order valence-corrected chi connectivity index (χ2v) is 10.8. The van der Waals surface area contributed by atoms with Gasteiger partial charge in [0.2, 0.25) is 5.78 Å². The zero-order valence-electron chi connectivity index (χ0n) is 23.7. The summed E-state index contributed by atoms with van der Waals surface area (Å²) in [6.45, 7) is 3.40. The molecule has 1 heterocycles. The Morgan fingerprint density at radius 3 is 2.14 bits per heavy atom. The summed E-state index contributed by atoms with van der Waals surface area (Å²) in [5.41, 5.74) is 3.14. The zero-order valence-corrected chi connectivity index (χ0v) is 24.5. The molecule has 1 N–H and O–H groups in total. The van der Waals surface area contributed by atoms with Gasteiger partial charge in [-0.25, -0.2) is 9.59 Å². The van der Waals surface area contributed by atoms with Gasteiger partial charge in [-0.1, -0.05) is 48.0 Å².